The van der Waals surface area contributed by atoms with Gasteiger partial charge in [0.1, 0.15) is 0 Å². The topological polar surface area (TPSA) is 29.5 Å². The van der Waals surface area contributed by atoms with Crippen molar-refractivity contribution in [1.82, 2.24) is 4.90 Å². The fourth-order valence-electron chi connectivity index (χ4n) is 3.31. The van der Waals surface area contributed by atoms with Gasteiger partial charge in [-0.3, -0.25) is 4.79 Å². The quantitative estimate of drug-likeness (QED) is 0.744. The van der Waals surface area contributed by atoms with Gasteiger partial charge in [-0.25, -0.2) is 0 Å². The van der Waals surface area contributed by atoms with Crippen molar-refractivity contribution in [3.05, 3.63) is 71.3 Å². The molecule has 1 heterocycles. The van der Waals surface area contributed by atoms with Crippen LogP contribution in [0.1, 0.15) is 29.5 Å². The Morgan fingerprint density at radius 2 is 1.74 bits per heavy atom. The molecule has 0 bridgehead atoms. The van der Waals surface area contributed by atoms with Gasteiger partial charge in [-0.15, -0.1) is 0 Å². The standard InChI is InChI=1S/C21H22F3NO2/c22-21(23,24)18-10-8-16(9-11-18)13-20(26)25-12-4-7-19(25)15-27-14-17-5-2-1-3-6-17/h1-3,5-6,8-11,19H,4,7,12-15H2. The van der Waals surface area contributed by atoms with Crippen molar-refractivity contribution in [2.75, 3.05) is 13.2 Å². The number of nitrogens with zero attached hydrogens (tertiary/aromatic N) is 1. The predicted molar refractivity (Wildman–Crippen MR) is 96.0 cm³/mol. The second kappa shape index (κ2) is 8.57. The van der Waals surface area contributed by atoms with Crippen molar-refractivity contribution in [1.29, 1.82) is 0 Å². The predicted octanol–water partition coefficient (Wildman–Crippen LogP) is 4.46. The van der Waals surface area contributed by atoms with E-state index < -0.39 is 11.7 Å². The lowest BCUT2D eigenvalue weighted by atomic mass is 10.1. The number of benzene rings is 2. The van der Waals surface area contributed by atoms with Gasteiger partial charge in [0.2, 0.25) is 5.91 Å². The number of hydrogen-bond donors (Lipinski definition) is 0. The van der Waals surface area contributed by atoms with E-state index in [1.807, 2.05) is 30.3 Å². The monoisotopic (exact) mass is 377 g/mol. The zero-order valence-electron chi connectivity index (χ0n) is 14.9. The summed E-state index contributed by atoms with van der Waals surface area (Å²) in [6.07, 6.45) is -2.46. The fraction of sp³-hybridized carbons (Fsp3) is 0.381. The lowest BCUT2D eigenvalue weighted by molar-refractivity contribution is -0.137. The van der Waals surface area contributed by atoms with Gasteiger partial charge in [0.25, 0.3) is 0 Å². The summed E-state index contributed by atoms with van der Waals surface area (Å²) in [6.45, 7) is 1.63. The highest BCUT2D eigenvalue weighted by atomic mass is 19.4. The molecule has 2 aromatic carbocycles. The Morgan fingerprint density at radius 3 is 2.41 bits per heavy atom. The van der Waals surface area contributed by atoms with Gasteiger partial charge in [-0.05, 0) is 36.1 Å². The number of amides is 1. The lowest BCUT2D eigenvalue weighted by Crippen LogP contribution is -2.39. The Bertz CT molecular complexity index is 744. The number of ether oxygens (including phenoxy) is 1. The van der Waals surface area contributed by atoms with Crippen LogP contribution in [0.15, 0.2) is 54.6 Å². The molecule has 3 nitrogen and oxygen atoms in total. The van der Waals surface area contributed by atoms with Crippen LogP contribution in [0.4, 0.5) is 13.2 Å². The minimum absolute atomic E-state index is 0.0238. The summed E-state index contributed by atoms with van der Waals surface area (Å²) < 4.78 is 43.7. The maximum atomic E-state index is 12.6. The Labute approximate surface area is 156 Å². The highest BCUT2D eigenvalue weighted by molar-refractivity contribution is 5.79. The summed E-state index contributed by atoms with van der Waals surface area (Å²) in [7, 11) is 0. The van der Waals surface area contributed by atoms with E-state index in [1.165, 1.54) is 12.1 Å². The average molecular weight is 377 g/mol. The van der Waals surface area contributed by atoms with Crippen LogP contribution in [0.5, 0.6) is 0 Å². The summed E-state index contributed by atoms with van der Waals surface area (Å²) in [5.41, 5.74) is 0.967. The van der Waals surface area contributed by atoms with Crippen LogP contribution < -0.4 is 0 Å². The zero-order valence-corrected chi connectivity index (χ0v) is 14.9. The third-order valence-corrected chi connectivity index (χ3v) is 4.76. The Kier molecular flexibility index (Phi) is 6.16. The molecule has 0 saturated carbocycles. The van der Waals surface area contributed by atoms with Gasteiger partial charge in [-0.2, -0.15) is 13.2 Å². The first kappa shape index (κ1) is 19.4. The van der Waals surface area contributed by atoms with Gasteiger partial charge in [0.15, 0.2) is 0 Å². The summed E-state index contributed by atoms with van der Waals surface area (Å²) >= 11 is 0. The van der Waals surface area contributed by atoms with Crippen LogP contribution >= 0.6 is 0 Å². The Morgan fingerprint density at radius 1 is 1.04 bits per heavy atom. The first-order valence-electron chi connectivity index (χ1n) is 9.01. The normalized spacial score (nSPS) is 17.3. The van der Waals surface area contributed by atoms with E-state index in [-0.39, 0.29) is 18.4 Å². The fourth-order valence-corrected chi connectivity index (χ4v) is 3.31. The second-order valence-electron chi connectivity index (χ2n) is 6.76. The summed E-state index contributed by atoms with van der Waals surface area (Å²) in [4.78, 5) is 14.4. The smallest absolute Gasteiger partial charge is 0.375 e. The summed E-state index contributed by atoms with van der Waals surface area (Å²) in [6, 6.07) is 14.6. The molecule has 0 aliphatic carbocycles. The average Bonchev–Trinajstić information content (AvgIpc) is 3.11. The molecule has 144 valence electrons. The first-order valence-corrected chi connectivity index (χ1v) is 9.01. The Balaban J connectivity index is 1.52. The molecular weight excluding hydrogens is 355 g/mol. The number of alkyl halides is 3. The van der Waals surface area contributed by atoms with Crippen molar-refractivity contribution in [2.45, 2.75) is 38.1 Å². The molecule has 1 aliphatic rings. The number of carbonyl (C=O) groups excluding carboxylic acids is 1. The number of halogens is 3. The minimum Gasteiger partial charge on any atom is -0.375 e. The van der Waals surface area contributed by atoms with Gasteiger partial charge in [0.05, 0.1) is 31.2 Å². The van der Waals surface area contributed by atoms with E-state index in [4.69, 9.17) is 4.74 Å². The molecule has 3 rings (SSSR count). The van der Waals surface area contributed by atoms with Crippen molar-refractivity contribution >= 4 is 5.91 Å². The Hall–Kier alpha value is -2.34. The molecule has 0 aromatic heterocycles. The van der Waals surface area contributed by atoms with Gasteiger partial charge < -0.3 is 9.64 Å². The molecule has 27 heavy (non-hydrogen) atoms. The van der Waals surface area contributed by atoms with Crippen LogP contribution in [-0.4, -0.2) is 30.0 Å². The van der Waals surface area contributed by atoms with E-state index in [0.29, 0.717) is 25.3 Å². The van der Waals surface area contributed by atoms with Crippen LogP contribution in [-0.2, 0) is 28.7 Å². The van der Waals surface area contributed by atoms with Gasteiger partial charge in [0, 0.05) is 6.54 Å². The number of hydrogen-bond acceptors (Lipinski definition) is 2. The van der Waals surface area contributed by atoms with Crippen molar-refractivity contribution in [3.63, 3.8) is 0 Å². The van der Waals surface area contributed by atoms with Crippen LogP contribution in [0.3, 0.4) is 0 Å². The SMILES string of the molecule is O=C(Cc1ccc(C(F)(F)F)cc1)N1CCCC1COCc1ccccc1. The molecular formula is C21H22F3NO2. The molecule has 1 fully saturated rings. The number of rotatable bonds is 6. The third-order valence-electron chi connectivity index (χ3n) is 4.76. The molecule has 1 aliphatic heterocycles. The largest absolute Gasteiger partial charge is 0.416 e. The number of likely N-dealkylation sites (tertiary alicyclic amines) is 1. The summed E-state index contributed by atoms with van der Waals surface area (Å²) in [5, 5.41) is 0. The van der Waals surface area contributed by atoms with Crippen LogP contribution in [0, 0.1) is 0 Å². The van der Waals surface area contributed by atoms with E-state index in [2.05, 4.69) is 0 Å². The van der Waals surface area contributed by atoms with Crippen molar-refractivity contribution < 1.29 is 22.7 Å². The van der Waals surface area contributed by atoms with Crippen LogP contribution in [0.2, 0.25) is 0 Å². The molecule has 1 unspecified atom stereocenters. The zero-order chi connectivity index (χ0) is 19.3. The maximum Gasteiger partial charge on any atom is 0.416 e. The van der Waals surface area contributed by atoms with Gasteiger partial charge >= 0.3 is 6.18 Å². The van der Waals surface area contributed by atoms with Crippen molar-refractivity contribution in [3.8, 4) is 0 Å². The third kappa shape index (κ3) is 5.32. The molecule has 0 radical (unpaired) electrons. The first-order chi connectivity index (χ1) is 12.9. The van der Waals surface area contributed by atoms with E-state index in [0.717, 1.165) is 30.5 Å². The second-order valence-corrected chi connectivity index (χ2v) is 6.76. The molecule has 0 N–H and O–H groups in total. The highest BCUT2D eigenvalue weighted by Crippen LogP contribution is 2.29. The molecule has 2 aromatic rings. The maximum absolute atomic E-state index is 12.6. The lowest BCUT2D eigenvalue weighted by Gasteiger charge is -2.25. The van der Waals surface area contributed by atoms with Crippen molar-refractivity contribution in [2.24, 2.45) is 0 Å². The van der Waals surface area contributed by atoms with Crippen LogP contribution in [0.25, 0.3) is 0 Å². The molecule has 0 spiro atoms. The number of carbonyl (C=O) groups is 1. The minimum atomic E-state index is -4.36. The molecule has 1 amide bonds. The molecule has 6 heteroatoms. The highest BCUT2D eigenvalue weighted by Gasteiger charge is 2.31. The van der Waals surface area contributed by atoms with E-state index >= 15 is 0 Å². The van der Waals surface area contributed by atoms with E-state index in [1.54, 1.807) is 4.90 Å². The molecule has 1 atom stereocenters. The molecule has 1 saturated heterocycles. The van der Waals surface area contributed by atoms with E-state index in [9.17, 15) is 18.0 Å². The van der Waals surface area contributed by atoms with Gasteiger partial charge in [-0.1, -0.05) is 42.5 Å². The summed E-state index contributed by atoms with van der Waals surface area (Å²) in [5.74, 6) is -0.0689.